The Bertz CT molecular complexity index is 1050. The van der Waals surface area contributed by atoms with E-state index in [0.29, 0.717) is 10.8 Å². The number of aryl methyl sites for hydroxylation is 2. The molecular weight excluding hydrogens is 349 g/mol. The molecule has 1 heterocycles. The van der Waals surface area contributed by atoms with Crippen molar-refractivity contribution in [1.29, 1.82) is 0 Å². The highest BCUT2D eigenvalue weighted by atomic mass is 32.2. The number of hydrogen-bond acceptors (Lipinski definition) is 3. The summed E-state index contributed by atoms with van der Waals surface area (Å²) in [4.78, 5) is -0.595. The van der Waals surface area contributed by atoms with E-state index in [2.05, 4.69) is 0 Å². The van der Waals surface area contributed by atoms with Crippen LogP contribution in [0.4, 0.5) is 13.2 Å². The third kappa shape index (κ3) is 2.60. The molecule has 0 bridgehead atoms. The number of benzene rings is 2. The molecule has 0 aliphatic carbocycles. The first-order valence-corrected chi connectivity index (χ1v) is 9.16. The average Bonchev–Trinajstić information content (AvgIpc) is 2.69. The summed E-state index contributed by atoms with van der Waals surface area (Å²) in [7, 11) is -7.09. The first kappa shape index (κ1) is 16.2. The fourth-order valence-corrected chi connectivity index (χ4v) is 5.46. The van der Waals surface area contributed by atoms with Crippen LogP contribution in [0.5, 0.6) is 0 Å². The molecule has 0 spiro atoms. The Hall–Kier alpha value is -1.64. The highest BCUT2D eigenvalue weighted by Gasteiger charge is 2.47. The highest BCUT2D eigenvalue weighted by molar-refractivity contribution is 7.85. The van der Waals surface area contributed by atoms with Crippen molar-refractivity contribution in [2.45, 2.75) is 24.3 Å². The standard InChI is InChI=1S/C15H11F3O3S2/c1-8-3-4-12-10(5-8)11-6-9(2)14(23(19,20)21)7-13(11)22(12)15(16,17)18/h3-7H,1-2H3. The summed E-state index contributed by atoms with van der Waals surface area (Å²) in [6.45, 7) is 3.18. The maximum absolute atomic E-state index is 13.5. The molecule has 3 nitrogen and oxygen atoms in total. The van der Waals surface area contributed by atoms with Gasteiger partial charge >= 0.3 is 5.51 Å². The average molecular weight is 360 g/mol. The van der Waals surface area contributed by atoms with Crippen LogP contribution in [-0.4, -0.2) is 13.0 Å². The van der Waals surface area contributed by atoms with E-state index in [1.807, 2.05) is 0 Å². The van der Waals surface area contributed by atoms with Crippen LogP contribution in [-0.2, 0) is 15.6 Å². The normalized spacial score (nSPS) is 13.9. The van der Waals surface area contributed by atoms with Gasteiger partial charge in [-0.2, -0.15) is 0 Å². The molecule has 0 amide bonds. The maximum atomic E-state index is 13.5. The first-order chi connectivity index (χ1) is 10.5. The van der Waals surface area contributed by atoms with Crippen LogP contribution < -0.4 is 0 Å². The number of rotatable bonds is 1. The van der Waals surface area contributed by atoms with E-state index >= 15 is 0 Å². The molecule has 0 aliphatic heterocycles. The van der Waals surface area contributed by atoms with E-state index in [1.54, 1.807) is 19.1 Å². The van der Waals surface area contributed by atoms with Crippen LogP contribution in [0.25, 0.3) is 20.2 Å². The monoisotopic (exact) mass is 360 g/mol. The molecule has 1 aromatic heterocycles. The van der Waals surface area contributed by atoms with Gasteiger partial charge in [-0.15, -0.1) is 13.2 Å². The lowest BCUT2D eigenvalue weighted by Gasteiger charge is -2.09. The summed E-state index contributed by atoms with van der Waals surface area (Å²) in [5, 5.41) is 0.785. The second kappa shape index (κ2) is 4.93. The van der Waals surface area contributed by atoms with Gasteiger partial charge in [0.15, 0.2) is 9.40 Å². The predicted molar refractivity (Wildman–Crippen MR) is 82.7 cm³/mol. The van der Waals surface area contributed by atoms with Gasteiger partial charge in [-0.3, -0.25) is 0 Å². The molecule has 0 fully saturated rings. The van der Waals surface area contributed by atoms with Gasteiger partial charge in [-0.1, -0.05) is 11.6 Å². The molecule has 122 valence electrons. The van der Waals surface area contributed by atoms with Crippen LogP contribution in [0.2, 0.25) is 0 Å². The zero-order valence-electron chi connectivity index (χ0n) is 12.1. The SMILES string of the molecule is Cc1ccc2c(c1)c1cc(C)c(S(=O)(=O)[O-])cc1[s+]2C(F)(F)F. The lowest BCUT2D eigenvalue weighted by Crippen LogP contribution is -2.01. The molecule has 0 saturated carbocycles. The van der Waals surface area contributed by atoms with Crippen LogP contribution in [0, 0.1) is 13.8 Å². The molecular formula is C15H11F3O3S2. The number of thiophene rings is 1. The molecule has 0 saturated heterocycles. The van der Waals surface area contributed by atoms with Gasteiger partial charge in [0.1, 0.15) is 20.6 Å². The molecule has 8 heteroatoms. The Morgan fingerprint density at radius 1 is 1.00 bits per heavy atom. The second-order valence-electron chi connectivity index (χ2n) is 5.32. The van der Waals surface area contributed by atoms with E-state index in [1.165, 1.54) is 19.1 Å². The Kier molecular flexibility index (Phi) is 3.48. The largest absolute Gasteiger partial charge is 0.744 e. The molecule has 3 rings (SSSR count). The minimum atomic E-state index is -4.83. The summed E-state index contributed by atoms with van der Waals surface area (Å²) >= 11 is 0. The van der Waals surface area contributed by atoms with Crippen molar-refractivity contribution in [3.63, 3.8) is 0 Å². The maximum Gasteiger partial charge on any atom is 0.601 e. The van der Waals surface area contributed by atoms with E-state index in [0.717, 1.165) is 11.6 Å². The van der Waals surface area contributed by atoms with Crippen molar-refractivity contribution in [2.24, 2.45) is 0 Å². The summed E-state index contributed by atoms with van der Waals surface area (Å²) in [5.41, 5.74) is -3.59. The number of hydrogen-bond donors (Lipinski definition) is 0. The van der Waals surface area contributed by atoms with Gasteiger partial charge in [0, 0.05) is 16.8 Å². The molecule has 1 atom stereocenters. The van der Waals surface area contributed by atoms with Crippen molar-refractivity contribution in [3.8, 4) is 0 Å². The van der Waals surface area contributed by atoms with Crippen molar-refractivity contribution in [2.75, 3.05) is 0 Å². The number of alkyl halides is 3. The van der Waals surface area contributed by atoms with Gasteiger partial charge in [0.25, 0.3) is 0 Å². The second-order valence-corrected chi connectivity index (χ2v) is 8.62. The minimum absolute atomic E-state index is 0.109. The zero-order chi connectivity index (χ0) is 17.2. The first-order valence-electron chi connectivity index (χ1n) is 6.53. The lowest BCUT2D eigenvalue weighted by molar-refractivity contribution is -0.0862. The summed E-state index contributed by atoms with van der Waals surface area (Å²) < 4.78 is 74.5. The molecule has 0 radical (unpaired) electrons. The molecule has 2 aromatic carbocycles. The van der Waals surface area contributed by atoms with E-state index in [-0.39, 0.29) is 15.0 Å². The Labute approximate surface area is 133 Å². The Morgan fingerprint density at radius 3 is 2.17 bits per heavy atom. The lowest BCUT2D eigenvalue weighted by atomic mass is 10.1. The van der Waals surface area contributed by atoms with E-state index < -0.39 is 31.0 Å². The highest BCUT2D eigenvalue weighted by Crippen LogP contribution is 2.54. The van der Waals surface area contributed by atoms with Crippen molar-refractivity contribution >= 4 is 40.8 Å². The van der Waals surface area contributed by atoms with Crippen molar-refractivity contribution in [1.82, 2.24) is 0 Å². The Balaban J connectivity index is 2.60. The van der Waals surface area contributed by atoms with Crippen molar-refractivity contribution in [3.05, 3.63) is 41.5 Å². The van der Waals surface area contributed by atoms with Crippen LogP contribution in [0.15, 0.2) is 35.2 Å². The van der Waals surface area contributed by atoms with E-state index in [4.69, 9.17) is 0 Å². The summed E-state index contributed by atoms with van der Waals surface area (Å²) in [6, 6.07) is 6.91. The van der Waals surface area contributed by atoms with Crippen LogP contribution in [0.3, 0.4) is 0 Å². The summed E-state index contributed by atoms with van der Waals surface area (Å²) in [5.74, 6) is 0. The van der Waals surface area contributed by atoms with E-state index in [9.17, 15) is 26.1 Å². The fraction of sp³-hybridized carbons (Fsp3) is 0.200. The molecule has 3 aromatic rings. The Morgan fingerprint density at radius 2 is 1.61 bits per heavy atom. The van der Waals surface area contributed by atoms with Gasteiger partial charge < -0.3 is 4.55 Å². The van der Waals surface area contributed by atoms with Gasteiger partial charge in [-0.05, 0) is 37.6 Å². The smallest absolute Gasteiger partial charge is 0.601 e. The summed E-state index contributed by atoms with van der Waals surface area (Å²) in [6.07, 6.45) is 0. The molecule has 1 unspecified atom stereocenters. The molecule has 23 heavy (non-hydrogen) atoms. The van der Waals surface area contributed by atoms with Crippen molar-refractivity contribution < 1.29 is 26.1 Å². The number of halogens is 3. The number of fused-ring (bicyclic) bond motifs is 3. The third-order valence-electron chi connectivity index (χ3n) is 3.64. The zero-order valence-corrected chi connectivity index (χ0v) is 13.7. The molecule has 0 aliphatic rings. The quantitative estimate of drug-likeness (QED) is 0.465. The topological polar surface area (TPSA) is 57.2 Å². The van der Waals surface area contributed by atoms with Crippen LogP contribution in [0.1, 0.15) is 11.1 Å². The predicted octanol–water partition coefficient (Wildman–Crippen LogP) is 4.74. The fourth-order valence-electron chi connectivity index (χ4n) is 2.72. The van der Waals surface area contributed by atoms with Gasteiger partial charge in [0.2, 0.25) is 0 Å². The van der Waals surface area contributed by atoms with Crippen LogP contribution >= 0.6 is 10.5 Å². The van der Waals surface area contributed by atoms with Gasteiger partial charge in [-0.25, -0.2) is 8.42 Å². The molecule has 0 N–H and O–H groups in total. The van der Waals surface area contributed by atoms with Gasteiger partial charge in [0.05, 0.1) is 4.90 Å². The minimum Gasteiger partial charge on any atom is -0.744 e. The third-order valence-corrected chi connectivity index (χ3v) is 6.66.